The largest absolute Gasteiger partial charge is 0.481 e. The summed E-state index contributed by atoms with van der Waals surface area (Å²) >= 11 is 1.21. The first-order valence-corrected chi connectivity index (χ1v) is 12.1. The van der Waals surface area contributed by atoms with E-state index in [1.165, 1.54) is 55.2 Å². The molecule has 31 heavy (non-hydrogen) atoms. The predicted molar refractivity (Wildman–Crippen MR) is 123 cm³/mol. The summed E-state index contributed by atoms with van der Waals surface area (Å²) in [7, 11) is 0. The molecule has 6 rings (SSSR count). The summed E-state index contributed by atoms with van der Waals surface area (Å²) in [6, 6.07) is 7.64. The maximum absolute atomic E-state index is 13.0. The average Bonchev–Trinajstić information content (AvgIpc) is 3.00. The Morgan fingerprint density at radius 2 is 1.71 bits per heavy atom. The second kappa shape index (κ2) is 7.76. The molecule has 4 aliphatic carbocycles. The van der Waals surface area contributed by atoms with Crippen molar-refractivity contribution in [2.75, 3.05) is 4.90 Å². The smallest absolute Gasteiger partial charge is 0.305 e. The highest BCUT2D eigenvalue weighted by Gasteiger charge is 2.52. The monoisotopic (exact) mass is 439 g/mol. The number of carbonyl (C=O) groups excluding carboxylic acids is 1. The Morgan fingerprint density at radius 3 is 2.26 bits per heavy atom. The van der Waals surface area contributed by atoms with Crippen LogP contribution in [0.25, 0.3) is 0 Å². The molecule has 6 nitrogen and oxygen atoms in total. The first-order chi connectivity index (χ1) is 14.8. The number of nitrogens with zero attached hydrogens (tertiary/aromatic N) is 3. The van der Waals surface area contributed by atoms with E-state index in [0.717, 1.165) is 29.0 Å². The van der Waals surface area contributed by atoms with E-state index in [0.29, 0.717) is 10.9 Å². The Labute approximate surface area is 187 Å². The van der Waals surface area contributed by atoms with Gasteiger partial charge in [-0.1, -0.05) is 29.5 Å². The molecule has 7 heteroatoms. The number of aryl methyl sites for hydroxylation is 1. The molecule has 4 saturated carbocycles. The summed E-state index contributed by atoms with van der Waals surface area (Å²) in [5.74, 6) is 1.27. The second-order valence-corrected chi connectivity index (χ2v) is 11.1. The third-order valence-corrected chi connectivity index (χ3v) is 8.81. The van der Waals surface area contributed by atoms with E-state index in [2.05, 4.69) is 17.1 Å². The Bertz CT molecular complexity index is 934. The van der Waals surface area contributed by atoms with Gasteiger partial charge >= 0.3 is 5.97 Å². The van der Waals surface area contributed by atoms with Gasteiger partial charge in [-0.3, -0.25) is 14.5 Å². The molecule has 0 aromatic heterocycles. The number of thioether (sulfide) groups is 1. The van der Waals surface area contributed by atoms with Gasteiger partial charge in [0.1, 0.15) is 5.25 Å². The summed E-state index contributed by atoms with van der Waals surface area (Å²) in [5, 5.41) is 18.3. The minimum Gasteiger partial charge on any atom is -0.481 e. The van der Waals surface area contributed by atoms with E-state index < -0.39 is 11.2 Å². The number of amides is 1. The van der Waals surface area contributed by atoms with E-state index in [1.54, 1.807) is 0 Å². The van der Waals surface area contributed by atoms with Crippen LogP contribution in [0.3, 0.4) is 0 Å². The number of hydrogen-bond donors (Lipinski definition) is 1. The predicted octanol–water partition coefficient (Wildman–Crippen LogP) is 4.87. The summed E-state index contributed by atoms with van der Waals surface area (Å²) in [5.41, 5.74) is 3.05. The minimum absolute atomic E-state index is 0.168. The van der Waals surface area contributed by atoms with Gasteiger partial charge in [-0.15, -0.1) is 5.10 Å². The zero-order valence-electron chi connectivity index (χ0n) is 18.1. The summed E-state index contributed by atoms with van der Waals surface area (Å²) in [6.45, 7) is 4.09. The van der Waals surface area contributed by atoms with Crippen LogP contribution in [0.4, 0.5) is 5.69 Å². The van der Waals surface area contributed by atoms with Crippen LogP contribution in [-0.2, 0) is 9.59 Å². The van der Waals surface area contributed by atoms with E-state index in [4.69, 9.17) is 0 Å². The maximum atomic E-state index is 13.0. The van der Waals surface area contributed by atoms with Gasteiger partial charge in [-0.25, -0.2) is 0 Å². The highest BCUT2D eigenvalue weighted by molar-refractivity contribution is 8.16. The molecule has 1 saturated heterocycles. The van der Waals surface area contributed by atoms with Crippen LogP contribution in [0.1, 0.15) is 57.4 Å². The molecule has 1 aromatic carbocycles. The topological polar surface area (TPSA) is 82.3 Å². The molecular formula is C24H29N3O3S. The number of amidine groups is 1. The summed E-state index contributed by atoms with van der Waals surface area (Å²) in [6.07, 6.45) is 7.57. The van der Waals surface area contributed by atoms with Gasteiger partial charge in [0.2, 0.25) is 5.91 Å². The second-order valence-electron chi connectivity index (χ2n) is 9.98. The van der Waals surface area contributed by atoms with Crippen LogP contribution < -0.4 is 4.90 Å². The molecule has 0 spiro atoms. The Kier molecular flexibility index (Phi) is 5.19. The number of rotatable bonds is 5. The van der Waals surface area contributed by atoms with E-state index in [9.17, 15) is 14.7 Å². The van der Waals surface area contributed by atoms with Crippen LogP contribution in [0.5, 0.6) is 0 Å². The number of carboxylic acid groups (broad SMARTS) is 1. The molecule has 1 N–H and O–H groups in total. The van der Waals surface area contributed by atoms with Crippen molar-refractivity contribution in [3.8, 4) is 0 Å². The zero-order chi connectivity index (χ0) is 21.8. The van der Waals surface area contributed by atoms with E-state index in [1.807, 2.05) is 31.2 Å². The fourth-order valence-corrected chi connectivity index (χ4v) is 7.61. The van der Waals surface area contributed by atoms with Crippen LogP contribution in [0.2, 0.25) is 0 Å². The number of hydrogen-bond acceptors (Lipinski definition) is 5. The number of anilines is 1. The lowest BCUT2D eigenvalue weighted by Crippen LogP contribution is -2.49. The van der Waals surface area contributed by atoms with Gasteiger partial charge in [-0.2, -0.15) is 5.10 Å². The van der Waals surface area contributed by atoms with Crippen LogP contribution >= 0.6 is 11.8 Å². The molecule has 1 heterocycles. The zero-order valence-corrected chi connectivity index (χ0v) is 18.9. The van der Waals surface area contributed by atoms with Gasteiger partial charge in [0, 0.05) is 11.1 Å². The van der Waals surface area contributed by atoms with Crippen LogP contribution in [-0.4, -0.2) is 33.1 Å². The van der Waals surface area contributed by atoms with Crippen molar-refractivity contribution in [2.45, 2.75) is 64.0 Å². The number of carbonyl (C=O) groups is 2. The van der Waals surface area contributed by atoms with Crippen molar-refractivity contribution in [1.82, 2.24) is 0 Å². The third-order valence-electron chi connectivity index (χ3n) is 7.68. The van der Waals surface area contributed by atoms with Gasteiger partial charge in [0.15, 0.2) is 5.17 Å². The maximum Gasteiger partial charge on any atom is 0.305 e. The standard InChI is InChI=1S/C24H29N3O3S/c1-14-3-5-19(6-4-14)27-22(30)20(10-21(28)29)31-23(27)26-25-15(2)24-11-16-7-17(12-24)9-18(8-16)13-24/h3-6,16-18,20H,7-13H2,1-2H3,(H,28,29)/b25-15-,26-23-/t16?,17?,18?,20-,24?/m1/s1. The Balaban J connectivity index is 1.45. The van der Waals surface area contributed by atoms with Crippen molar-refractivity contribution in [3.05, 3.63) is 29.8 Å². The normalized spacial score (nSPS) is 35.9. The minimum atomic E-state index is -0.982. The molecule has 0 radical (unpaired) electrons. The highest BCUT2D eigenvalue weighted by atomic mass is 32.2. The lowest BCUT2D eigenvalue weighted by Gasteiger charge is -2.56. The lowest BCUT2D eigenvalue weighted by molar-refractivity contribution is -0.138. The summed E-state index contributed by atoms with van der Waals surface area (Å²) in [4.78, 5) is 25.8. The molecule has 1 aliphatic heterocycles. The van der Waals surface area contributed by atoms with Crippen molar-refractivity contribution in [1.29, 1.82) is 0 Å². The lowest BCUT2D eigenvalue weighted by atomic mass is 9.48. The molecule has 4 bridgehead atoms. The number of carboxylic acids is 1. The van der Waals surface area contributed by atoms with E-state index >= 15 is 0 Å². The third kappa shape index (κ3) is 3.81. The van der Waals surface area contributed by atoms with Crippen molar-refractivity contribution < 1.29 is 14.7 Å². The van der Waals surface area contributed by atoms with Crippen molar-refractivity contribution in [2.24, 2.45) is 33.4 Å². The fourth-order valence-electron chi connectivity index (χ4n) is 6.53. The molecule has 1 atom stereocenters. The van der Waals surface area contributed by atoms with Gasteiger partial charge in [-0.05, 0) is 82.3 Å². The van der Waals surface area contributed by atoms with Crippen LogP contribution in [0, 0.1) is 30.1 Å². The van der Waals surface area contributed by atoms with Crippen molar-refractivity contribution in [3.63, 3.8) is 0 Å². The average molecular weight is 440 g/mol. The fraction of sp³-hybridized carbons (Fsp3) is 0.583. The molecular weight excluding hydrogens is 410 g/mol. The first kappa shape index (κ1) is 20.7. The Morgan fingerprint density at radius 1 is 1.13 bits per heavy atom. The van der Waals surface area contributed by atoms with Crippen molar-refractivity contribution >= 4 is 40.2 Å². The quantitative estimate of drug-likeness (QED) is 0.524. The first-order valence-electron chi connectivity index (χ1n) is 11.2. The number of benzene rings is 1. The summed E-state index contributed by atoms with van der Waals surface area (Å²) < 4.78 is 0. The van der Waals surface area contributed by atoms with Gasteiger partial charge < -0.3 is 5.11 Å². The molecule has 164 valence electrons. The van der Waals surface area contributed by atoms with E-state index in [-0.39, 0.29) is 17.7 Å². The van der Waals surface area contributed by atoms with Gasteiger partial charge in [0.25, 0.3) is 0 Å². The highest BCUT2D eigenvalue weighted by Crippen LogP contribution is 2.60. The van der Waals surface area contributed by atoms with Crippen LogP contribution in [0.15, 0.2) is 34.5 Å². The molecule has 5 aliphatic rings. The SMILES string of the molecule is C/C(=N/N=C1\S[C@H](CC(=O)O)C(=O)N1c1ccc(C)cc1)C12CC3CC(CC(C3)C1)C2. The number of aliphatic carboxylic acids is 1. The molecule has 5 fully saturated rings. The van der Waals surface area contributed by atoms with Gasteiger partial charge in [0.05, 0.1) is 12.1 Å². The Hall–Kier alpha value is -2.15. The molecule has 0 unspecified atom stereocenters. The molecule has 1 amide bonds. The molecule has 1 aromatic rings.